The first-order valence-corrected chi connectivity index (χ1v) is 11.9. The molecule has 0 aliphatic heterocycles. The van der Waals surface area contributed by atoms with Crippen molar-refractivity contribution in [2.24, 2.45) is 0 Å². The summed E-state index contributed by atoms with van der Waals surface area (Å²) < 4.78 is 5.88. The third-order valence-corrected chi connectivity index (χ3v) is 5.87. The number of carboxylic acids is 2. The van der Waals surface area contributed by atoms with E-state index < -0.39 is 11.9 Å². The van der Waals surface area contributed by atoms with Crippen LogP contribution in [0.1, 0.15) is 29.6 Å². The Balaban J connectivity index is 0.00000380. The Bertz CT molecular complexity index is 1310. The zero-order valence-corrected chi connectivity index (χ0v) is 22.9. The second kappa shape index (κ2) is 13.9. The summed E-state index contributed by atoms with van der Waals surface area (Å²) in [6.45, 7) is 1.79. The van der Waals surface area contributed by atoms with Crippen molar-refractivity contribution in [2.75, 3.05) is 36.6 Å². The molecule has 0 atom stereocenters. The maximum atomic E-state index is 11.3. The molecule has 8 nitrogen and oxygen atoms in total. The van der Waals surface area contributed by atoms with Crippen molar-refractivity contribution in [2.45, 2.75) is 19.3 Å². The Morgan fingerprint density at radius 3 is 2.27 bits per heavy atom. The number of carbonyl (C=O) groups excluding carboxylic acids is 1. The maximum absolute atomic E-state index is 11.3. The first-order chi connectivity index (χ1) is 17.5. The zero-order chi connectivity index (χ0) is 25.3. The number of rotatable bonds is 13. The standard InChI is InChI=1S/C28H29N3O5.Na/c32-26(33)14-6-16-31(21-9-5-8-20(18-21)28(34)35)19-36-17-7-15-29-27-22-10-1-3-12-24(22)30-25-13-4-2-11-23(25)27;/h1-5,8-13,18H,6-7,14-17,19H2,(H,29,30)(H,32,33)(H,34,35);/q;+1/p-1. The van der Waals surface area contributed by atoms with Gasteiger partial charge in [-0.25, -0.2) is 9.78 Å². The van der Waals surface area contributed by atoms with Gasteiger partial charge in [-0.05, 0) is 49.6 Å². The molecule has 0 aliphatic rings. The van der Waals surface area contributed by atoms with Gasteiger partial charge < -0.3 is 30.0 Å². The summed E-state index contributed by atoms with van der Waals surface area (Å²) in [6.07, 6.45) is 1.03. The van der Waals surface area contributed by atoms with Gasteiger partial charge in [0.1, 0.15) is 6.73 Å². The third-order valence-electron chi connectivity index (χ3n) is 5.87. The normalized spacial score (nSPS) is 10.7. The minimum Gasteiger partial charge on any atom is -0.550 e. The fourth-order valence-corrected chi connectivity index (χ4v) is 4.11. The van der Waals surface area contributed by atoms with E-state index in [0.717, 1.165) is 33.9 Å². The molecule has 37 heavy (non-hydrogen) atoms. The predicted molar refractivity (Wildman–Crippen MR) is 138 cm³/mol. The van der Waals surface area contributed by atoms with Gasteiger partial charge in [0.15, 0.2) is 0 Å². The van der Waals surface area contributed by atoms with Crippen LogP contribution < -0.4 is 44.9 Å². The number of benzene rings is 3. The molecule has 0 saturated heterocycles. The number of nitrogens with one attached hydrogen (secondary N) is 1. The molecule has 1 aromatic heterocycles. The summed E-state index contributed by atoms with van der Waals surface area (Å²) in [5.74, 6) is -2.13. The molecule has 0 bridgehead atoms. The van der Waals surface area contributed by atoms with Gasteiger partial charge in [-0.1, -0.05) is 42.5 Å². The Hall–Kier alpha value is -3.17. The van der Waals surface area contributed by atoms with Gasteiger partial charge in [0, 0.05) is 35.5 Å². The number of nitrogens with zero attached hydrogens (tertiary/aromatic N) is 2. The van der Waals surface area contributed by atoms with Gasteiger partial charge in [0.05, 0.1) is 28.9 Å². The molecule has 3 aromatic carbocycles. The van der Waals surface area contributed by atoms with Crippen LogP contribution in [0.15, 0.2) is 72.8 Å². The SMILES string of the molecule is O=C([O-])CCCN(COCCCNc1c2ccccc2nc2ccccc12)c1cccc(C(=O)O)c1.[Na+]. The number of pyridine rings is 1. The molecule has 9 heteroatoms. The first kappa shape index (κ1) is 28.4. The monoisotopic (exact) mass is 509 g/mol. The molecule has 0 fully saturated rings. The number of para-hydroxylation sites is 2. The molecule has 0 spiro atoms. The Kier molecular flexibility index (Phi) is 10.7. The van der Waals surface area contributed by atoms with Gasteiger partial charge in [0.2, 0.25) is 0 Å². The molecule has 2 N–H and O–H groups in total. The van der Waals surface area contributed by atoms with Crippen molar-refractivity contribution in [1.82, 2.24) is 4.98 Å². The first-order valence-electron chi connectivity index (χ1n) is 11.9. The molecule has 0 amide bonds. The van der Waals surface area contributed by atoms with Gasteiger partial charge in [-0.2, -0.15) is 0 Å². The number of fused-ring (bicyclic) bond motifs is 2. The average Bonchev–Trinajstić information content (AvgIpc) is 2.88. The van der Waals surface area contributed by atoms with Crippen LogP contribution >= 0.6 is 0 Å². The van der Waals surface area contributed by atoms with E-state index in [1.807, 2.05) is 41.3 Å². The van der Waals surface area contributed by atoms with E-state index in [2.05, 4.69) is 17.4 Å². The fourth-order valence-electron chi connectivity index (χ4n) is 4.11. The molecule has 186 valence electrons. The van der Waals surface area contributed by atoms with Crippen LogP contribution in [0.4, 0.5) is 11.4 Å². The molecule has 0 unspecified atom stereocenters. The molecule has 0 aliphatic carbocycles. The quantitative estimate of drug-likeness (QED) is 0.118. The molecular formula is C28H28N3NaO5. The summed E-state index contributed by atoms with van der Waals surface area (Å²) >= 11 is 0. The second-order valence-corrected chi connectivity index (χ2v) is 8.43. The summed E-state index contributed by atoms with van der Waals surface area (Å²) in [5, 5.41) is 25.8. The average molecular weight is 510 g/mol. The van der Waals surface area contributed by atoms with E-state index >= 15 is 0 Å². The number of ether oxygens (including phenoxy) is 1. The smallest absolute Gasteiger partial charge is 0.550 e. The summed E-state index contributed by atoms with van der Waals surface area (Å²) in [7, 11) is 0. The van der Waals surface area contributed by atoms with E-state index in [-0.39, 0.29) is 48.3 Å². The van der Waals surface area contributed by atoms with Crippen LogP contribution in [0.25, 0.3) is 21.8 Å². The molecule has 4 rings (SSSR count). The summed E-state index contributed by atoms with van der Waals surface area (Å²) in [6, 6.07) is 22.6. The molecule has 1 heterocycles. The van der Waals surface area contributed by atoms with Gasteiger partial charge >= 0.3 is 35.5 Å². The largest absolute Gasteiger partial charge is 1.00 e. The Morgan fingerprint density at radius 1 is 0.946 bits per heavy atom. The molecule has 0 saturated carbocycles. The van der Waals surface area contributed by atoms with Crippen LogP contribution in [-0.4, -0.2) is 48.5 Å². The number of aliphatic carboxylic acids is 1. The number of anilines is 2. The minimum atomic E-state index is -1.11. The predicted octanol–water partition coefficient (Wildman–Crippen LogP) is 0.903. The van der Waals surface area contributed by atoms with Gasteiger partial charge in [-0.3, -0.25) is 0 Å². The van der Waals surface area contributed by atoms with E-state index in [0.29, 0.717) is 31.8 Å². The van der Waals surface area contributed by atoms with Crippen molar-refractivity contribution >= 4 is 45.1 Å². The van der Waals surface area contributed by atoms with E-state index in [9.17, 15) is 19.8 Å². The number of hydrogen-bond acceptors (Lipinski definition) is 7. The number of aromatic nitrogens is 1. The van der Waals surface area contributed by atoms with Crippen molar-refractivity contribution in [3.05, 3.63) is 78.4 Å². The van der Waals surface area contributed by atoms with E-state index in [4.69, 9.17) is 9.72 Å². The van der Waals surface area contributed by atoms with E-state index in [1.54, 1.807) is 18.2 Å². The van der Waals surface area contributed by atoms with Crippen LogP contribution in [0.2, 0.25) is 0 Å². The van der Waals surface area contributed by atoms with Crippen molar-refractivity contribution in [1.29, 1.82) is 0 Å². The number of aromatic carboxylic acids is 1. The Morgan fingerprint density at radius 2 is 1.62 bits per heavy atom. The van der Waals surface area contributed by atoms with Gasteiger partial charge in [0.25, 0.3) is 0 Å². The maximum Gasteiger partial charge on any atom is 1.00 e. The minimum absolute atomic E-state index is 0. The van der Waals surface area contributed by atoms with Gasteiger partial charge in [-0.15, -0.1) is 0 Å². The van der Waals surface area contributed by atoms with Crippen LogP contribution in [0, 0.1) is 0 Å². The van der Waals surface area contributed by atoms with Crippen molar-refractivity contribution < 1.29 is 54.1 Å². The van der Waals surface area contributed by atoms with Crippen LogP contribution in [-0.2, 0) is 9.53 Å². The number of carbonyl (C=O) groups is 2. The number of carboxylic acid groups (broad SMARTS) is 2. The molecule has 0 radical (unpaired) electrons. The Labute approximate surface area is 237 Å². The van der Waals surface area contributed by atoms with Crippen LogP contribution in [0.3, 0.4) is 0 Å². The third kappa shape index (κ3) is 7.66. The fraction of sp³-hybridized carbons (Fsp3) is 0.250. The van der Waals surface area contributed by atoms with Crippen molar-refractivity contribution in [3.8, 4) is 0 Å². The second-order valence-electron chi connectivity index (χ2n) is 8.43. The van der Waals surface area contributed by atoms with Crippen molar-refractivity contribution in [3.63, 3.8) is 0 Å². The van der Waals surface area contributed by atoms with Crippen LogP contribution in [0.5, 0.6) is 0 Å². The number of hydrogen-bond donors (Lipinski definition) is 2. The topological polar surface area (TPSA) is 115 Å². The molecule has 4 aromatic rings. The summed E-state index contributed by atoms with van der Waals surface area (Å²) in [5.41, 5.74) is 3.75. The summed E-state index contributed by atoms with van der Waals surface area (Å²) in [4.78, 5) is 28.8. The zero-order valence-electron chi connectivity index (χ0n) is 20.9. The molecular weight excluding hydrogens is 481 g/mol. The van der Waals surface area contributed by atoms with E-state index in [1.165, 1.54) is 6.07 Å².